The summed E-state index contributed by atoms with van der Waals surface area (Å²) in [5.74, 6) is 0.00972. The zero-order chi connectivity index (χ0) is 8.81. The molecule has 0 saturated carbocycles. The lowest BCUT2D eigenvalue weighted by molar-refractivity contribution is 0.104. The quantitative estimate of drug-likeness (QED) is 0.375. The first kappa shape index (κ1) is 8.47. The van der Waals surface area contributed by atoms with Gasteiger partial charge in [0.25, 0.3) is 0 Å². The van der Waals surface area contributed by atoms with E-state index in [1.807, 2.05) is 18.2 Å². The zero-order valence-electron chi connectivity index (χ0n) is 6.73. The molecule has 0 aliphatic rings. The van der Waals surface area contributed by atoms with E-state index in [4.69, 9.17) is 0 Å². The van der Waals surface area contributed by atoms with E-state index < -0.39 is 0 Å². The fraction of sp³-hybridized carbons (Fsp3) is 0. The fourth-order valence-electron chi connectivity index (χ4n) is 0.854. The standard InChI is InChI=1S/C11H10O/c1-2-3-9-11(12)10-7-5-4-6-8-10/h2-9H,1H2/b9-3-. The summed E-state index contributed by atoms with van der Waals surface area (Å²) in [6, 6.07) is 9.14. The van der Waals surface area contributed by atoms with E-state index in [1.165, 1.54) is 6.08 Å². The third-order valence-corrected chi connectivity index (χ3v) is 1.44. The molecule has 12 heavy (non-hydrogen) atoms. The van der Waals surface area contributed by atoms with E-state index in [2.05, 4.69) is 6.58 Å². The molecule has 0 N–H and O–H groups in total. The van der Waals surface area contributed by atoms with E-state index in [0.717, 1.165) is 0 Å². The average Bonchev–Trinajstić information content (AvgIpc) is 2.15. The Bertz CT molecular complexity index is 296. The predicted octanol–water partition coefficient (Wildman–Crippen LogP) is 2.61. The van der Waals surface area contributed by atoms with Gasteiger partial charge in [0.05, 0.1) is 0 Å². The molecule has 0 radical (unpaired) electrons. The molecule has 0 amide bonds. The maximum atomic E-state index is 11.3. The molecule has 0 heterocycles. The summed E-state index contributed by atoms with van der Waals surface area (Å²) in [6.07, 6.45) is 4.72. The van der Waals surface area contributed by atoms with Crippen molar-refractivity contribution in [1.29, 1.82) is 0 Å². The Morgan fingerprint density at radius 2 is 1.92 bits per heavy atom. The number of allylic oxidation sites excluding steroid dienone is 3. The second kappa shape index (κ2) is 4.29. The fourth-order valence-corrected chi connectivity index (χ4v) is 0.854. The van der Waals surface area contributed by atoms with Crippen molar-refractivity contribution in [3.63, 3.8) is 0 Å². The summed E-state index contributed by atoms with van der Waals surface area (Å²) in [5, 5.41) is 0. The average molecular weight is 158 g/mol. The molecule has 0 aliphatic heterocycles. The molecule has 0 aromatic heterocycles. The lowest BCUT2D eigenvalue weighted by Crippen LogP contribution is -1.91. The highest BCUT2D eigenvalue weighted by molar-refractivity contribution is 6.04. The second-order valence-electron chi connectivity index (χ2n) is 2.33. The number of carbonyl (C=O) groups is 1. The summed E-state index contributed by atoms with van der Waals surface area (Å²) in [5.41, 5.74) is 0.704. The van der Waals surface area contributed by atoms with Gasteiger partial charge in [0, 0.05) is 5.56 Å². The van der Waals surface area contributed by atoms with Crippen LogP contribution in [0.25, 0.3) is 0 Å². The van der Waals surface area contributed by atoms with Crippen molar-refractivity contribution in [3.8, 4) is 0 Å². The summed E-state index contributed by atoms with van der Waals surface area (Å²) in [6.45, 7) is 3.49. The van der Waals surface area contributed by atoms with E-state index >= 15 is 0 Å². The van der Waals surface area contributed by atoms with Crippen LogP contribution in [-0.4, -0.2) is 5.78 Å². The van der Waals surface area contributed by atoms with E-state index in [9.17, 15) is 4.79 Å². The number of carbonyl (C=O) groups excluding carboxylic acids is 1. The molecule has 1 rings (SSSR count). The van der Waals surface area contributed by atoms with Crippen molar-refractivity contribution < 1.29 is 4.79 Å². The second-order valence-corrected chi connectivity index (χ2v) is 2.33. The highest BCUT2D eigenvalue weighted by Gasteiger charge is 1.97. The van der Waals surface area contributed by atoms with E-state index in [-0.39, 0.29) is 5.78 Å². The number of hydrogen-bond donors (Lipinski definition) is 0. The number of benzene rings is 1. The van der Waals surface area contributed by atoms with Crippen LogP contribution >= 0.6 is 0 Å². The molecule has 0 saturated heterocycles. The van der Waals surface area contributed by atoms with Gasteiger partial charge in [0.15, 0.2) is 5.78 Å². The summed E-state index contributed by atoms with van der Waals surface area (Å²) < 4.78 is 0. The Hall–Kier alpha value is -1.63. The minimum atomic E-state index is 0.00972. The lowest BCUT2D eigenvalue weighted by atomic mass is 10.1. The van der Waals surface area contributed by atoms with E-state index in [1.54, 1.807) is 24.3 Å². The Balaban J connectivity index is 2.79. The minimum Gasteiger partial charge on any atom is -0.289 e. The maximum Gasteiger partial charge on any atom is 0.185 e. The van der Waals surface area contributed by atoms with Gasteiger partial charge in [-0.1, -0.05) is 49.1 Å². The van der Waals surface area contributed by atoms with Crippen LogP contribution in [0, 0.1) is 0 Å². The van der Waals surface area contributed by atoms with Crippen LogP contribution in [0.15, 0.2) is 55.1 Å². The van der Waals surface area contributed by atoms with Crippen LogP contribution in [0.2, 0.25) is 0 Å². The molecule has 1 heteroatoms. The number of hydrogen-bond acceptors (Lipinski definition) is 1. The van der Waals surface area contributed by atoms with Gasteiger partial charge in [0.2, 0.25) is 0 Å². The molecule has 0 atom stereocenters. The Labute approximate surface area is 72.0 Å². The zero-order valence-corrected chi connectivity index (χ0v) is 6.73. The first-order chi connectivity index (χ1) is 5.84. The summed E-state index contributed by atoms with van der Waals surface area (Å²) in [4.78, 5) is 11.3. The molecule has 1 aromatic rings. The van der Waals surface area contributed by atoms with Gasteiger partial charge in [-0.3, -0.25) is 4.79 Å². The molecular formula is C11H10O. The van der Waals surface area contributed by atoms with Crippen molar-refractivity contribution in [2.24, 2.45) is 0 Å². The Morgan fingerprint density at radius 1 is 1.25 bits per heavy atom. The van der Waals surface area contributed by atoms with Crippen molar-refractivity contribution in [3.05, 3.63) is 60.7 Å². The van der Waals surface area contributed by atoms with Gasteiger partial charge >= 0.3 is 0 Å². The predicted molar refractivity (Wildman–Crippen MR) is 50.1 cm³/mol. The largest absolute Gasteiger partial charge is 0.289 e. The molecular weight excluding hydrogens is 148 g/mol. The molecule has 0 unspecified atom stereocenters. The highest BCUT2D eigenvalue weighted by Crippen LogP contribution is 2.00. The summed E-state index contributed by atoms with van der Waals surface area (Å²) in [7, 11) is 0. The minimum absolute atomic E-state index is 0.00972. The first-order valence-corrected chi connectivity index (χ1v) is 3.73. The lowest BCUT2D eigenvalue weighted by Gasteiger charge is -1.91. The Morgan fingerprint density at radius 3 is 2.50 bits per heavy atom. The first-order valence-electron chi connectivity index (χ1n) is 3.73. The van der Waals surface area contributed by atoms with Gasteiger partial charge in [-0.15, -0.1) is 0 Å². The smallest absolute Gasteiger partial charge is 0.185 e. The molecule has 60 valence electrons. The van der Waals surface area contributed by atoms with Gasteiger partial charge < -0.3 is 0 Å². The van der Waals surface area contributed by atoms with Crippen LogP contribution in [-0.2, 0) is 0 Å². The Kier molecular flexibility index (Phi) is 3.03. The molecule has 0 bridgehead atoms. The normalized spacial score (nSPS) is 10.0. The van der Waals surface area contributed by atoms with Gasteiger partial charge in [0.1, 0.15) is 0 Å². The maximum absolute atomic E-state index is 11.3. The van der Waals surface area contributed by atoms with Crippen LogP contribution in [0.5, 0.6) is 0 Å². The molecule has 0 fully saturated rings. The monoisotopic (exact) mass is 158 g/mol. The molecule has 0 aliphatic carbocycles. The highest BCUT2D eigenvalue weighted by atomic mass is 16.1. The number of ketones is 1. The van der Waals surface area contributed by atoms with Crippen LogP contribution in [0.3, 0.4) is 0 Å². The number of rotatable bonds is 3. The van der Waals surface area contributed by atoms with Crippen molar-refractivity contribution in [2.75, 3.05) is 0 Å². The van der Waals surface area contributed by atoms with Crippen molar-refractivity contribution in [2.45, 2.75) is 0 Å². The van der Waals surface area contributed by atoms with Crippen LogP contribution < -0.4 is 0 Å². The van der Waals surface area contributed by atoms with Gasteiger partial charge in [-0.05, 0) is 6.08 Å². The topological polar surface area (TPSA) is 17.1 Å². The van der Waals surface area contributed by atoms with Crippen molar-refractivity contribution in [1.82, 2.24) is 0 Å². The SMILES string of the molecule is C=C/C=C\C(=O)c1ccccc1. The molecule has 0 spiro atoms. The third-order valence-electron chi connectivity index (χ3n) is 1.44. The van der Waals surface area contributed by atoms with Crippen molar-refractivity contribution >= 4 is 5.78 Å². The third kappa shape index (κ3) is 2.20. The molecule has 1 nitrogen and oxygen atoms in total. The molecule has 1 aromatic carbocycles. The summed E-state index contributed by atoms with van der Waals surface area (Å²) >= 11 is 0. The van der Waals surface area contributed by atoms with Crippen LogP contribution in [0.1, 0.15) is 10.4 Å². The van der Waals surface area contributed by atoms with Gasteiger partial charge in [-0.25, -0.2) is 0 Å². The van der Waals surface area contributed by atoms with E-state index in [0.29, 0.717) is 5.56 Å². The van der Waals surface area contributed by atoms with Gasteiger partial charge in [-0.2, -0.15) is 0 Å². The van der Waals surface area contributed by atoms with Crippen LogP contribution in [0.4, 0.5) is 0 Å².